The van der Waals surface area contributed by atoms with Crippen molar-refractivity contribution in [1.82, 2.24) is 29.5 Å². The molecule has 5 aromatic carbocycles. The maximum absolute atomic E-state index is 12.9. The van der Waals surface area contributed by atoms with E-state index in [1.807, 2.05) is 138 Å². The van der Waals surface area contributed by atoms with Crippen LogP contribution in [0.4, 0.5) is 11.5 Å². The second-order valence-electron chi connectivity index (χ2n) is 14.4. The number of benzene rings is 5. The van der Waals surface area contributed by atoms with Gasteiger partial charge < -0.3 is 19.0 Å². The van der Waals surface area contributed by atoms with Gasteiger partial charge in [0.05, 0.1) is 36.6 Å². The van der Waals surface area contributed by atoms with Crippen molar-refractivity contribution in [2.45, 2.75) is 34.1 Å². The van der Waals surface area contributed by atoms with Crippen LogP contribution in [0.3, 0.4) is 0 Å². The summed E-state index contributed by atoms with van der Waals surface area (Å²) in [5.41, 5.74) is 6.69. The smallest absolute Gasteiger partial charge is 0.345 e. The lowest BCUT2D eigenvalue weighted by Crippen LogP contribution is -2.22. The topological polar surface area (TPSA) is 199 Å². The molecule has 66 heavy (non-hydrogen) atoms. The molecule has 0 saturated carbocycles. The molecule has 0 bridgehead atoms. The SMILES string of the molecule is C=O.CCOc1ccc(-c2nc(C#N)c3c(n2)N(c2ccccc2C)C(=O)C3)cc1.CCOc1ccc(-c2nc(C#N)c3nc(OC(=O)c4ccccc4)n(-c4ccccc4C)c3n2)cc1. The monoisotopic (exact) mass is 875 g/mol. The van der Waals surface area contributed by atoms with Gasteiger partial charge in [-0.25, -0.2) is 29.3 Å². The number of fused-ring (bicyclic) bond motifs is 2. The van der Waals surface area contributed by atoms with Crippen molar-refractivity contribution >= 4 is 41.3 Å². The zero-order chi connectivity index (χ0) is 46.7. The third kappa shape index (κ3) is 9.32. The number of aryl methyl sites for hydroxylation is 2. The minimum Gasteiger partial charge on any atom is -0.494 e. The van der Waals surface area contributed by atoms with Crippen molar-refractivity contribution in [3.63, 3.8) is 0 Å². The Kier molecular flexibility index (Phi) is 13.9. The van der Waals surface area contributed by atoms with Crippen LogP contribution in [-0.4, -0.2) is 61.4 Å². The van der Waals surface area contributed by atoms with Crippen LogP contribution < -0.4 is 19.1 Å². The Labute approximate surface area is 380 Å². The second-order valence-corrected chi connectivity index (χ2v) is 14.4. The zero-order valence-corrected chi connectivity index (χ0v) is 36.4. The van der Waals surface area contributed by atoms with Crippen molar-refractivity contribution in [3.8, 4) is 58.1 Å². The number of nitriles is 2. The normalized spacial score (nSPS) is 11.2. The van der Waals surface area contributed by atoms with E-state index in [1.165, 1.54) is 0 Å². The Bertz CT molecular complexity index is 3140. The molecule has 0 aliphatic carbocycles. The van der Waals surface area contributed by atoms with Crippen LogP contribution in [0.2, 0.25) is 0 Å². The third-order valence-electron chi connectivity index (χ3n) is 10.2. The summed E-state index contributed by atoms with van der Waals surface area (Å²) < 4.78 is 18.4. The van der Waals surface area contributed by atoms with Gasteiger partial charge in [-0.2, -0.15) is 15.5 Å². The molecule has 15 nitrogen and oxygen atoms in total. The van der Waals surface area contributed by atoms with Gasteiger partial charge in [-0.15, -0.1) is 0 Å². The van der Waals surface area contributed by atoms with Gasteiger partial charge in [0, 0.05) is 16.7 Å². The summed E-state index contributed by atoms with van der Waals surface area (Å²) in [7, 11) is 0. The van der Waals surface area contributed by atoms with Gasteiger partial charge >= 0.3 is 12.0 Å². The molecule has 0 spiro atoms. The number of hydrogen-bond acceptors (Lipinski definition) is 13. The number of carbonyl (C=O) groups is 3. The number of rotatable bonds is 10. The summed E-state index contributed by atoms with van der Waals surface area (Å²) in [5, 5.41) is 19.5. The van der Waals surface area contributed by atoms with E-state index in [9.17, 15) is 20.1 Å². The number of nitrogens with zero attached hydrogens (tertiary/aromatic N) is 9. The fraction of sp³-hybridized carbons (Fsp3) is 0.137. The van der Waals surface area contributed by atoms with E-state index in [0.717, 1.165) is 39.6 Å². The molecule has 326 valence electrons. The number of aromatic nitrogens is 6. The molecule has 0 atom stereocenters. The lowest BCUT2D eigenvalue weighted by Gasteiger charge is -2.19. The molecular weight excluding hydrogens is 835 g/mol. The molecule has 1 amide bonds. The zero-order valence-electron chi connectivity index (χ0n) is 36.4. The number of amides is 1. The van der Waals surface area contributed by atoms with Gasteiger partial charge in [0.25, 0.3) is 0 Å². The van der Waals surface area contributed by atoms with Crippen LogP contribution in [0, 0.1) is 36.5 Å². The lowest BCUT2D eigenvalue weighted by atomic mass is 10.1. The first kappa shape index (κ1) is 45.0. The van der Waals surface area contributed by atoms with Crippen molar-refractivity contribution in [1.29, 1.82) is 10.5 Å². The van der Waals surface area contributed by atoms with E-state index in [0.29, 0.717) is 53.0 Å². The first-order valence-corrected chi connectivity index (χ1v) is 20.7. The summed E-state index contributed by atoms with van der Waals surface area (Å²) in [6, 6.07) is 42.8. The highest BCUT2D eigenvalue weighted by Crippen LogP contribution is 2.38. The molecule has 0 radical (unpaired) electrons. The van der Waals surface area contributed by atoms with Crippen LogP contribution in [0.1, 0.15) is 52.3 Å². The van der Waals surface area contributed by atoms with Crippen LogP contribution in [0.15, 0.2) is 127 Å². The van der Waals surface area contributed by atoms with E-state index in [4.69, 9.17) is 24.0 Å². The average Bonchev–Trinajstić information content (AvgIpc) is 3.89. The van der Waals surface area contributed by atoms with E-state index in [-0.39, 0.29) is 35.2 Å². The second kappa shape index (κ2) is 20.4. The first-order chi connectivity index (χ1) is 32.2. The molecule has 15 heteroatoms. The standard InChI is InChI=1S/C28H21N5O3.C22H18N4O2.CH2O/c1-3-35-21-15-13-19(14-16-21)25-30-22(17-29)24-26(32-25)33(23-12-8-7-9-18(23)2)28(31-24)36-27(34)20-10-5-4-6-11-20;1-3-28-16-10-8-15(9-11-16)21-24-18(13-23)17-12-20(27)26(22(17)25-21)19-7-5-4-6-14(19)2;1-2/h4-16H,3H2,1-2H3;4-11H,3,12H2,1-2H3;1H2. The van der Waals surface area contributed by atoms with Crippen molar-refractivity contribution in [2.24, 2.45) is 0 Å². The van der Waals surface area contributed by atoms with Crippen LogP contribution in [0.5, 0.6) is 17.5 Å². The molecule has 0 N–H and O–H groups in total. The van der Waals surface area contributed by atoms with Gasteiger partial charge in [-0.1, -0.05) is 54.6 Å². The maximum atomic E-state index is 12.9. The first-order valence-electron chi connectivity index (χ1n) is 20.7. The molecule has 0 saturated heterocycles. The van der Waals surface area contributed by atoms with Crippen molar-refractivity contribution < 1.29 is 28.6 Å². The van der Waals surface area contributed by atoms with Crippen molar-refractivity contribution in [2.75, 3.05) is 18.1 Å². The van der Waals surface area contributed by atoms with Gasteiger partial charge in [-0.05, 0) is 112 Å². The van der Waals surface area contributed by atoms with Gasteiger partial charge in [0.2, 0.25) is 5.91 Å². The number of para-hydroxylation sites is 2. The van der Waals surface area contributed by atoms with Crippen LogP contribution >= 0.6 is 0 Å². The Hall–Kier alpha value is -9.08. The summed E-state index contributed by atoms with van der Waals surface area (Å²) in [4.78, 5) is 58.0. The molecule has 0 unspecified atom stereocenters. The van der Waals surface area contributed by atoms with E-state index >= 15 is 0 Å². The molecule has 9 rings (SSSR count). The number of imidazole rings is 1. The molecule has 1 aliphatic rings. The number of carbonyl (C=O) groups excluding carboxylic acids is 3. The molecule has 3 aromatic heterocycles. The van der Waals surface area contributed by atoms with Gasteiger partial charge in [0.15, 0.2) is 23.0 Å². The van der Waals surface area contributed by atoms with Crippen LogP contribution in [0.25, 0.3) is 39.6 Å². The Balaban J connectivity index is 0.000000195. The quantitative estimate of drug-likeness (QED) is 0.118. The van der Waals surface area contributed by atoms with Gasteiger partial charge in [-0.3, -0.25) is 9.69 Å². The third-order valence-corrected chi connectivity index (χ3v) is 10.2. The van der Waals surface area contributed by atoms with Crippen molar-refractivity contribution in [3.05, 3.63) is 161 Å². The Morgan fingerprint density at radius 1 is 0.652 bits per heavy atom. The fourth-order valence-corrected chi connectivity index (χ4v) is 7.15. The minimum absolute atomic E-state index is 0.00259. The highest BCUT2D eigenvalue weighted by Gasteiger charge is 2.34. The predicted molar refractivity (Wildman–Crippen MR) is 247 cm³/mol. The molecule has 1 aliphatic heterocycles. The summed E-state index contributed by atoms with van der Waals surface area (Å²) in [5.74, 6) is 2.03. The minimum atomic E-state index is -0.570. The number of anilines is 2. The van der Waals surface area contributed by atoms with E-state index < -0.39 is 5.97 Å². The van der Waals surface area contributed by atoms with E-state index in [2.05, 4.69) is 32.1 Å². The number of ether oxygens (including phenoxy) is 3. The average molecular weight is 876 g/mol. The molecular formula is C51H41N9O6. The number of hydrogen-bond donors (Lipinski definition) is 0. The van der Waals surface area contributed by atoms with E-state index in [1.54, 1.807) is 33.7 Å². The number of esters is 1. The Morgan fingerprint density at radius 3 is 1.71 bits per heavy atom. The summed E-state index contributed by atoms with van der Waals surface area (Å²) in [6.07, 6.45) is 0.121. The van der Waals surface area contributed by atoms with Gasteiger partial charge in [0.1, 0.15) is 47.5 Å². The summed E-state index contributed by atoms with van der Waals surface area (Å²) in [6.45, 7) is 10.9. The highest BCUT2D eigenvalue weighted by molar-refractivity contribution is 6.07. The largest absolute Gasteiger partial charge is 0.494 e. The molecule has 4 heterocycles. The highest BCUT2D eigenvalue weighted by atomic mass is 16.6. The molecule has 8 aromatic rings. The van der Waals surface area contributed by atoms with Crippen LogP contribution in [-0.2, 0) is 16.0 Å². The Morgan fingerprint density at radius 2 is 1.17 bits per heavy atom. The fourth-order valence-electron chi connectivity index (χ4n) is 7.15. The molecule has 0 fully saturated rings. The lowest BCUT2D eigenvalue weighted by molar-refractivity contribution is -0.116. The predicted octanol–water partition coefficient (Wildman–Crippen LogP) is 9.04. The summed E-state index contributed by atoms with van der Waals surface area (Å²) >= 11 is 0. The maximum Gasteiger partial charge on any atom is 0.345 e.